The first-order chi connectivity index (χ1) is 5.79. The predicted molar refractivity (Wildman–Crippen MR) is 50.9 cm³/mol. The van der Waals surface area contributed by atoms with Crippen LogP contribution < -0.4 is 0 Å². The van der Waals surface area contributed by atoms with Gasteiger partial charge >= 0.3 is 0 Å². The Bertz CT molecular complexity index is 426. The fraction of sp³-hybridized carbons (Fsp3) is 0.100. The van der Waals surface area contributed by atoms with Gasteiger partial charge < -0.3 is 4.98 Å². The van der Waals surface area contributed by atoms with Crippen molar-refractivity contribution < 1.29 is 0 Å². The molecular formula is C10H10N2. The lowest BCUT2D eigenvalue weighted by Gasteiger charge is -1.89. The van der Waals surface area contributed by atoms with Gasteiger partial charge in [0.05, 0.1) is 11.0 Å². The minimum atomic E-state index is 0.829. The molecule has 0 aliphatic rings. The molecule has 0 radical (unpaired) electrons. The van der Waals surface area contributed by atoms with Gasteiger partial charge in [-0.2, -0.15) is 0 Å². The van der Waals surface area contributed by atoms with Gasteiger partial charge in [0.25, 0.3) is 0 Å². The second-order valence-electron chi connectivity index (χ2n) is 2.85. The predicted octanol–water partition coefficient (Wildman–Crippen LogP) is 2.51. The Morgan fingerprint density at radius 1 is 1.50 bits per heavy atom. The van der Waals surface area contributed by atoms with Crippen LogP contribution in [0.1, 0.15) is 11.4 Å². The minimum Gasteiger partial charge on any atom is -0.338 e. The molecule has 2 rings (SSSR count). The molecule has 0 spiro atoms. The summed E-state index contributed by atoms with van der Waals surface area (Å²) in [4.78, 5) is 7.46. The largest absolute Gasteiger partial charge is 0.338 e. The molecule has 0 fully saturated rings. The Morgan fingerprint density at radius 3 is 3.08 bits per heavy atom. The molecule has 0 saturated heterocycles. The zero-order valence-electron chi connectivity index (χ0n) is 6.96. The molecule has 1 aromatic heterocycles. The van der Waals surface area contributed by atoms with Crippen molar-refractivity contribution in [3.8, 4) is 0 Å². The highest BCUT2D eigenvalue weighted by molar-refractivity contribution is 5.77. The van der Waals surface area contributed by atoms with Crippen LogP contribution in [-0.4, -0.2) is 9.97 Å². The lowest BCUT2D eigenvalue weighted by atomic mass is 10.2. The molecule has 0 bridgehead atoms. The fourth-order valence-electron chi connectivity index (χ4n) is 1.24. The smallest absolute Gasteiger partial charge is 0.130 e. The number of aryl methyl sites for hydroxylation is 1. The van der Waals surface area contributed by atoms with Gasteiger partial charge in [0.15, 0.2) is 0 Å². The number of hydrogen-bond donors (Lipinski definition) is 1. The van der Waals surface area contributed by atoms with E-state index >= 15 is 0 Å². The zero-order chi connectivity index (χ0) is 8.55. The zero-order valence-corrected chi connectivity index (χ0v) is 6.96. The summed E-state index contributed by atoms with van der Waals surface area (Å²) in [5.74, 6) is 0.829. The summed E-state index contributed by atoms with van der Waals surface area (Å²) >= 11 is 0. The van der Waals surface area contributed by atoms with Crippen molar-refractivity contribution in [1.82, 2.24) is 9.97 Å². The van der Waals surface area contributed by atoms with Crippen molar-refractivity contribution in [2.45, 2.75) is 6.92 Å². The molecule has 2 aromatic rings. The summed E-state index contributed by atoms with van der Waals surface area (Å²) in [6.45, 7) is 5.72. The van der Waals surface area contributed by atoms with E-state index in [-0.39, 0.29) is 0 Å². The molecule has 60 valence electrons. The number of nitrogens with zero attached hydrogens (tertiary/aromatic N) is 1. The minimum absolute atomic E-state index is 0.829. The van der Waals surface area contributed by atoms with E-state index in [2.05, 4.69) is 35.6 Å². The first-order valence-corrected chi connectivity index (χ1v) is 3.88. The Balaban J connectivity index is 2.75. The molecule has 1 heterocycles. The van der Waals surface area contributed by atoms with Crippen molar-refractivity contribution in [3.05, 3.63) is 36.2 Å². The molecule has 2 nitrogen and oxygen atoms in total. The standard InChI is InChI=1S/C10H10N2/c1-3-10-11-8-5-4-7(2)6-9(8)12-10/h3-6H,1H2,2H3,(H,11,12). The van der Waals surface area contributed by atoms with E-state index in [1.54, 1.807) is 6.08 Å². The van der Waals surface area contributed by atoms with E-state index in [4.69, 9.17) is 0 Å². The highest BCUT2D eigenvalue weighted by atomic mass is 14.9. The Labute approximate surface area is 70.9 Å². The molecule has 12 heavy (non-hydrogen) atoms. The van der Waals surface area contributed by atoms with Crippen LogP contribution in [0.5, 0.6) is 0 Å². The van der Waals surface area contributed by atoms with Crippen molar-refractivity contribution in [2.75, 3.05) is 0 Å². The molecular weight excluding hydrogens is 148 g/mol. The molecule has 0 atom stereocenters. The highest BCUT2D eigenvalue weighted by Crippen LogP contribution is 2.13. The van der Waals surface area contributed by atoms with Crippen LogP contribution in [0.3, 0.4) is 0 Å². The molecule has 0 aliphatic heterocycles. The van der Waals surface area contributed by atoms with Crippen LogP contribution in [0.25, 0.3) is 17.1 Å². The van der Waals surface area contributed by atoms with Gasteiger partial charge in [-0.05, 0) is 30.7 Å². The second kappa shape index (κ2) is 2.48. The maximum atomic E-state index is 4.30. The number of hydrogen-bond acceptors (Lipinski definition) is 1. The van der Waals surface area contributed by atoms with Gasteiger partial charge in [0, 0.05) is 0 Å². The quantitative estimate of drug-likeness (QED) is 0.678. The molecule has 0 aliphatic carbocycles. The second-order valence-corrected chi connectivity index (χ2v) is 2.85. The van der Waals surface area contributed by atoms with Crippen molar-refractivity contribution >= 4 is 17.1 Å². The maximum Gasteiger partial charge on any atom is 0.130 e. The molecule has 0 amide bonds. The lowest BCUT2D eigenvalue weighted by molar-refractivity contribution is 1.29. The monoisotopic (exact) mass is 158 g/mol. The van der Waals surface area contributed by atoms with Gasteiger partial charge in [-0.15, -0.1) is 0 Å². The van der Waals surface area contributed by atoms with Crippen LogP contribution >= 0.6 is 0 Å². The number of rotatable bonds is 1. The van der Waals surface area contributed by atoms with E-state index in [1.807, 2.05) is 6.07 Å². The summed E-state index contributed by atoms with van der Waals surface area (Å²) in [5, 5.41) is 0. The Morgan fingerprint density at radius 2 is 2.33 bits per heavy atom. The van der Waals surface area contributed by atoms with Crippen LogP contribution in [0.4, 0.5) is 0 Å². The van der Waals surface area contributed by atoms with Crippen LogP contribution in [-0.2, 0) is 0 Å². The van der Waals surface area contributed by atoms with Crippen molar-refractivity contribution in [1.29, 1.82) is 0 Å². The summed E-state index contributed by atoms with van der Waals surface area (Å²) < 4.78 is 0. The van der Waals surface area contributed by atoms with Gasteiger partial charge in [-0.1, -0.05) is 12.6 Å². The Kier molecular flexibility index (Phi) is 1.47. The van der Waals surface area contributed by atoms with Crippen molar-refractivity contribution in [2.24, 2.45) is 0 Å². The number of aromatic amines is 1. The van der Waals surface area contributed by atoms with E-state index in [9.17, 15) is 0 Å². The summed E-state index contributed by atoms with van der Waals surface area (Å²) in [7, 11) is 0. The van der Waals surface area contributed by atoms with Crippen LogP contribution in [0, 0.1) is 6.92 Å². The average molecular weight is 158 g/mol. The number of nitrogens with one attached hydrogen (secondary N) is 1. The van der Waals surface area contributed by atoms with E-state index < -0.39 is 0 Å². The normalized spacial score (nSPS) is 10.4. The highest BCUT2D eigenvalue weighted by Gasteiger charge is 1.98. The fourth-order valence-corrected chi connectivity index (χ4v) is 1.24. The third kappa shape index (κ3) is 1.01. The number of benzene rings is 1. The first-order valence-electron chi connectivity index (χ1n) is 3.88. The van der Waals surface area contributed by atoms with Gasteiger partial charge in [-0.3, -0.25) is 0 Å². The maximum absolute atomic E-state index is 4.30. The van der Waals surface area contributed by atoms with Crippen LogP contribution in [0.2, 0.25) is 0 Å². The topological polar surface area (TPSA) is 28.7 Å². The summed E-state index contributed by atoms with van der Waals surface area (Å²) in [6, 6.07) is 6.14. The average Bonchev–Trinajstić information content (AvgIpc) is 2.46. The lowest BCUT2D eigenvalue weighted by Crippen LogP contribution is -1.71. The van der Waals surface area contributed by atoms with E-state index in [0.29, 0.717) is 0 Å². The first kappa shape index (κ1) is 7.10. The Hall–Kier alpha value is -1.57. The SMILES string of the molecule is C=Cc1nc2ccc(C)cc2[nH]1. The third-order valence-electron chi connectivity index (χ3n) is 1.85. The molecule has 1 aromatic carbocycles. The summed E-state index contributed by atoms with van der Waals surface area (Å²) in [5.41, 5.74) is 3.31. The summed E-state index contributed by atoms with van der Waals surface area (Å²) in [6.07, 6.45) is 1.72. The van der Waals surface area contributed by atoms with E-state index in [0.717, 1.165) is 16.9 Å². The van der Waals surface area contributed by atoms with Crippen LogP contribution in [0.15, 0.2) is 24.8 Å². The van der Waals surface area contributed by atoms with Crippen molar-refractivity contribution in [3.63, 3.8) is 0 Å². The molecule has 0 unspecified atom stereocenters. The van der Waals surface area contributed by atoms with Gasteiger partial charge in [0.1, 0.15) is 5.82 Å². The molecule has 0 saturated carbocycles. The number of H-pyrrole nitrogens is 1. The molecule has 1 N–H and O–H groups in total. The molecule has 2 heteroatoms. The number of imidazole rings is 1. The van der Waals surface area contributed by atoms with Gasteiger partial charge in [0.2, 0.25) is 0 Å². The third-order valence-corrected chi connectivity index (χ3v) is 1.85. The van der Waals surface area contributed by atoms with Gasteiger partial charge in [-0.25, -0.2) is 4.98 Å². The number of aromatic nitrogens is 2. The van der Waals surface area contributed by atoms with E-state index in [1.165, 1.54) is 5.56 Å². The number of fused-ring (bicyclic) bond motifs is 1.